The van der Waals surface area contributed by atoms with Crippen LogP contribution in [0.3, 0.4) is 0 Å². The number of halogens is 3. The van der Waals surface area contributed by atoms with E-state index in [0.717, 1.165) is 24.0 Å². The van der Waals surface area contributed by atoms with Gasteiger partial charge in [-0.25, -0.2) is 13.2 Å². The summed E-state index contributed by atoms with van der Waals surface area (Å²) >= 11 is 0. The van der Waals surface area contributed by atoms with Crippen molar-refractivity contribution in [2.75, 3.05) is 0 Å². The second kappa shape index (κ2) is 9.45. The van der Waals surface area contributed by atoms with Gasteiger partial charge in [-0.2, -0.15) is 0 Å². The molecule has 0 spiro atoms. The summed E-state index contributed by atoms with van der Waals surface area (Å²) in [4.78, 5) is 0. The Morgan fingerprint density at radius 3 is 2.36 bits per heavy atom. The molecule has 0 heterocycles. The standard InChI is InChI=1S/C22H27F3/c1-14(2)21(24)22(25)18(6)16(4)9-7-15(3)8-11-19-12-10-17(5)20(23)13-19/h7,10,12-13,16H,1,6,8-9,11H2,2-5H3/b15-7+,22-21-. The molecule has 1 rings (SSSR count). The Morgan fingerprint density at radius 1 is 1.16 bits per heavy atom. The van der Waals surface area contributed by atoms with Gasteiger partial charge in [-0.15, -0.1) is 0 Å². The zero-order chi connectivity index (χ0) is 19.1. The number of allylic oxidation sites excluding steroid dienone is 6. The van der Waals surface area contributed by atoms with Crippen LogP contribution in [0.4, 0.5) is 13.2 Å². The van der Waals surface area contributed by atoms with Crippen molar-refractivity contribution in [2.45, 2.75) is 47.0 Å². The van der Waals surface area contributed by atoms with Crippen molar-refractivity contribution in [3.05, 3.63) is 82.8 Å². The largest absolute Gasteiger partial charge is 0.207 e. The second-order valence-corrected chi connectivity index (χ2v) is 6.70. The van der Waals surface area contributed by atoms with Crippen LogP contribution in [0.1, 0.15) is 44.7 Å². The fraction of sp³-hybridized carbons (Fsp3) is 0.364. The molecule has 1 aromatic rings. The number of hydrogen-bond acceptors (Lipinski definition) is 0. The van der Waals surface area contributed by atoms with Crippen LogP contribution >= 0.6 is 0 Å². The smallest absolute Gasteiger partial charge is 0.161 e. The highest BCUT2D eigenvalue weighted by Crippen LogP contribution is 2.28. The van der Waals surface area contributed by atoms with E-state index in [0.29, 0.717) is 12.0 Å². The molecule has 0 amide bonds. The summed E-state index contributed by atoms with van der Waals surface area (Å²) in [7, 11) is 0. The van der Waals surface area contributed by atoms with Gasteiger partial charge in [0, 0.05) is 0 Å². The number of benzene rings is 1. The van der Waals surface area contributed by atoms with E-state index in [1.165, 1.54) is 6.92 Å². The van der Waals surface area contributed by atoms with Crippen LogP contribution in [0.5, 0.6) is 0 Å². The van der Waals surface area contributed by atoms with E-state index in [1.54, 1.807) is 19.1 Å². The lowest BCUT2D eigenvalue weighted by Crippen LogP contribution is -2.00. The molecule has 0 N–H and O–H groups in total. The minimum absolute atomic E-state index is 0.0582. The van der Waals surface area contributed by atoms with E-state index in [4.69, 9.17) is 0 Å². The minimum atomic E-state index is -0.932. The van der Waals surface area contributed by atoms with Gasteiger partial charge in [0.15, 0.2) is 11.7 Å². The van der Waals surface area contributed by atoms with E-state index in [9.17, 15) is 13.2 Å². The maximum Gasteiger partial charge on any atom is 0.161 e. The van der Waals surface area contributed by atoms with Crippen LogP contribution in [-0.2, 0) is 6.42 Å². The summed E-state index contributed by atoms with van der Waals surface area (Å²) in [6.07, 6.45) is 4.11. The van der Waals surface area contributed by atoms with Gasteiger partial charge in [-0.3, -0.25) is 0 Å². The third-order valence-electron chi connectivity index (χ3n) is 4.31. The van der Waals surface area contributed by atoms with Crippen molar-refractivity contribution in [2.24, 2.45) is 5.92 Å². The Hall–Kier alpha value is -2.03. The van der Waals surface area contributed by atoms with Crippen LogP contribution in [0, 0.1) is 18.7 Å². The summed E-state index contributed by atoms with van der Waals surface area (Å²) < 4.78 is 41.1. The monoisotopic (exact) mass is 348 g/mol. The topological polar surface area (TPSA) is 0 Å². The Morgan fingerprint density at radius 2 is 1.80 bits per heavy atom. The van der Waals surface area contributed by atoms with Gasteiger partial charge in [0.05, 0.1) is 0 Å². The van der Waals surface area contributed by atoms with Gasteiger partial charge in [-0.05, 0) is 74.3 Å². The molecule has 0 bridgehead atoms. The molecule has 3 heteroatoms. The third kappa shape index (κ3) is 6.41. The lowest BCUT2D eigenvalue weighted by Gasteiger charge is -2.13. The molecule has 1 unspecified atom stereocenters. The van der Waals surface area contributed by atoms with Crippen molar-refractivity contribution < 1.29 is 13.2 Å². The maximum atomic E-state index is 13.9. The molecule has 0 fully saturated rings. The van der Waals surface area contributed by atoms with Gasteiger partial charge in [0.1, 0.15) is 5.82 Å². The van der Waals surface area contributed by atoms with Crippen LogP contribution < -0.4 is 0 Å². The first kappa shape index (κ1) is 21.0. The Bertz CT molecular complexity index is 708. The van der Waals surface area contributed by atoms with Gasteiger partial charge in [0.25, 0.3) is 0 Å². The molecule has 0 saturated heterocycles. The molecule has 0 aliphatic heterocycles. The highest BCUT2D eigenvalue weighted by atomic mass is 19.2. The third-order valence-corrected chi connectivity index (χ3v) is 4.31. The van der Waals surface area contributed by atoms with Gasteiger partial charge < -0.3 is 0 Å². The van der Waals surface area contributed by atoms with Crippen molar-refractivity contribution in [1.82, 2.24) is 0 Å². The first-order valence-electron chi connectivity index (χ1n) is 8.44. The average molecular weight is 348 g/mol. The summed E-state index contributed by atoms with van der Waals surface area (Å²) in [5.74, 6) is -2.25. The zero-order valence-corrected chi connectivity index (χ0v) is 15.6. The average Bonchev–Trinajstić information content (AvgIpc) is 2.58. The molecule has 25 heavy (non-hydrogen) atoms. The molecule has 1 aromatic carbocycles. The van der Waals surface area contributed by atoms with Gasteiger partial charge in [-0.1, -0.05) is 43.9 Å². The molecule has 0 nitrogen and oxygen atoms in total. The Kier molecular flexibility index (Phi) is 7.95. The second-order valence-electron chi connectivity index (χ2n) is 6.70. The fourth-order valence-electron chi connectivity index (χ4n) is 2.30. The van der Waals surface area contributed by atoms with Crippen molar-refractivity contribution in [3.63, 3.8) is 0 Å². The van der Waals surface area contributed by atoms with E-state index in [1.807, 2.05) is 26.0 Å². The molecule has 0 aliphatic carbocycles. The van der Waals surface area contributed by atoms with Gasteiger partial charge in [0.2, 0.25) is 0 Å². The van der Waals surface area contributed by atoms with Crippen LogP contribution in [0.25, 0.3) is 0 Å². The number of rotatable bonds is 8. The SMILES string of the molecule is C=C(C)/C(F)=C(/F)C(=C)C(C)C/C=C(\C)CCc1ccc(C)c(F)c1. The van der Waals surface area contributed by atoms with Gasteiger partial charge >= 0.3 is 0 Å². The molecule has 0 aromatic heterocycles. The number of aryl methyl sites for hydroxylation is 2. The molecule has 0 saturated carbocycles. The first-order chi connectivity index (χ1) is 11.6. The van der Waals surface area contributed by atoms with E-state index < -0.39 is 11.7 Å². The molecule has 136 valence electrons. The number of hydrogen-bond donors (Lipinski definition) is 0. The van der Waals surface area contributed by atoms with Crippen LogP contribution in [0.2, 0.25) is 0 Å². The zero-order valence-electron chi connectivity index (χ0n) is 15.6. The van der Waals surface area contributed by atoms with Crippen molar-refractivity contribution in [3.8, 4) is 0 Å². The lowest BCUT2D eigenvalue weighted by molar-refractivity contribution is 0.529. The summed E-state index contributed by atoms with van der Waals surface area (Å²) in [6.45, 7) is 14.0. The van der Waals surface area contributed by atoms with Crippen molar-refractivity contribution >= 4 is 0 Å². The van der Waals surface area contributed by atoms with E-state index >= 15 is 0 Å². The lowest BCUT2D eigenvalue weighted by atomic mass is 9.95. The quantitative estimate of drug-likeness (QED) is 0.341. The normalized spacial score (nSPS) is 14.1. The fourth-order valence-corrected chi connectivity index (χ4v) is 2.30. The molecule has 0 radical (unpaired) electrons. The summed E-state index contributed by atoms with van der Waals surface area (Å²) in [5.41, 5.74) is 2.92. The molecule has 0 aliphatic rings. The predicted molar refractivity (Wildman–Crippen MR) is 100 cm³/mol. The molecular formula is C22H27F3. The molecule has 1 atom stereocenters. The minimum Gasteiger partial charge on any atom is -0.207 e. The first-order valence-corrected chi connectivity index (χ1v) is 8.44. The predicted octanol–water partition coefficient (Wildman–Crippen LogP) is 7.32. The van der Waals surface area contributed by atoms with Crippen LogP contribution in [0.15, 0.2) is 65.8 Å². The van der Waals surface area contributed by atoms with E-state index in [-0.39, 0.29) is 22.9 Å². The highest BCUT2D eigenvalue weighted by Gasteiger charge is 2.15. The summed E-state index contributed by atoms with van der Waals surface area (Å²) in [6, 6.07) is 5.27. The molecular weight excluding hydrogens is 321 g/mol. The highest BCUT2D eigenvalue weighted by molar-refractivity contribution is 5.35. The maximum absolute atomic E-state index is 13.9. The Balaban J connectivity index is 2.62. The Labute approximate surface area is 149 Å². The summed E-state index contributed by atoms with van der Waals surface area (Å²) in [5, 5.41) is 0. The van der Waals surface area contributed by atoms with Crippen molar-refractivity contribution in [1.29, 1.82) is 0 Å². The van der Waals surface area contributed by atoms with E-state index in [2.05, 4.69) is 13.2 Å². The van der Waals surface area contributed by atoms with Crippen LogP contribution in [-0.4, -0.2) is 0 Å².